The molecule has 0 saturated carbocycles. The van der Waals surface area contributed by atoms with Gasteiger partial charge in [-0.15, -0.1) is 0 Å². The summed E-state index contributed by atoms with van der Waals surface area (Å²) < 4.78 is 5.77. The van der Waals surface area contributed by atoms with Crippen molar-refractivity contribution in [1.82, 2.24) is 10.2 Å². The number of hydrogen-bond acceptors (Lipinski definition) is 3. The first-order valence-corrected chi connectivity index (χ1v) is 7.39. The van der Waals surface area contributed by atoms with Gasteiger partial charge in [0.1, 0.15) is 5.75 Å². The molecule has 19 heavy (non-hydrogen) atoms. The second kappa shape index (κ2) is 5.51. The van der Waals surface area contributed by atoms with E-state index in [-0.39, 0.29) is 6.10 Å². The second-order valence-electron chi connectivity index (χ2n) is 6.19. The van der Waals surface area contributed by atoms with E-state index in [0.717, 1.165) is 24.1 Å². The van der Waals surface area contributed by atoms with E-state index < -0.39 is 0 Å². The third kappa shape index (κ3) is 3.10. The maximum absolute atomic E-state index is 5.77. The number of rotatable bonds is 4. The first-order valence-electron chi connectivity index (χ1n) is 7.39. The Hall–Kier alpha value is -1.06. The number of fused-ring (bicyclic) bond motifs is 1. The molecule has 0 spiro atoms. The quantitative estimate of drug-likeness (QED) is 0.897. The summed E-state index contributed by atoms with van der Waals surface area (Å²) in [6.45, 7) is 10.1. The van der Waals surface area contributed by atoms with E-state index in [1.165, 1.54) is 31.7 Å². The van der Waals surface area contributed by atoms with Gasteiger partial charge < -0.3 is 10.1 Å². The van der Waals surface area contributed by atoms with Crippen molar-refractivity contribution in [3.8, 4) is 5.75 Å². The van der Waals surface area contributed by atoms with Crippen molar-refractivity contribution in [2.75, 3.05) is 26.2 Å². The minimum atomic E-state index is 0.243. The molecule has 2 heterocycles. The Balaban J connectivity index is 1.60. The van der Waals surface area contributed by atoms with Gasteiger partial charge in [0.05, 0.1) is 6.10 Å². The normalized spacial score (nSPS) is 26.9. The molecule has 2 saturated heterocycles. The van der Waals surface area contributed by atoms with Crippen LogP contribution in [0.3, 0.4) is 0 Å². The third-order valence-corrected chi connectivity index (χ3v) is 4.14. The molecule has 3 rings (SSSR count). The van der Waals surface area contributed by atoms with Gasteiger partial charge in [-0.2, -0.15) is 0 Å². The van der Waals surface area contributed by atoms with E-state index in [9.17, 15) is 0 Å². The van der Waals surface area contributed by atoms with E-state index in [1.54, 1.807) is 0 Å². The maximum Gasteiger partial charge on any atom is 0.120 e. The van der Waals surface area contributed by atoms with Crippen LogP contribution in [0.25, 0.3) is 0 Å². The van der Waals surface area contributed by atoms with E-state index in [0.29, 0.717) is 0 Å². The summed E-state index contributed by atoms with van der Waals surface area (Å²) in [5.74, 6) is 2.73. The summed E-state index contributed by atoms with van der Waals surface area (Å²) in [7, 11) is 0. The largest absolute Gasteiger partial charge is 0.491 e. The van der Waals surface area contributed by atoms with Crippen molar-refractivity contribution in [2.24, 2.45) is 11.8 Å². The molecule has 3 heteroatoms. The first-order chi connectivity index (χ1) is 9.20. The van der Waals surface area contributed by atoms with Crippen molar-refractivity contribution in [1.29, 1.82) is 0 Å². The lowest BCUT2D eigenvalue weighted by Gasteiger charge is -2.18. The molecule has 2 aliphatic rings. The van der Waals surface area contributed by atoms with Gasteiger partial charge in [0.15, 0.2) is 0 Å². The SMILES string of the molecule is CC(C)Oc1cccc(CN2CC3CNCC3C2)c1. The van der Waals surface area contributed by atoms with Crippen LogP contribution in [0.2, 0.25) is 0 Å². The molecule has 0 aliphatic carbocycles. The topological polar surface area (TPSA) is 24.5 Å². The highest BCUT2D eigenvalue weighted by atomic mass is 16.5. The molecule has 2 atom stereocenters. The Bertz CT molecular complexity index is 421. The number of hydrogen-bond donors (Lipinski definition) is 1. The molecule has 3 nitrogen and oxygen atoms in total. The number of likely N-dealkylation sites (tertiary alicyclic amines) is 1. The van der Waals surface area contributed by atoms with Crippen LogP contribution in [0, 0.1) is 11.8 Å². The summed E-state index contributed by atoms with van der Waals surface area (Å²) in [6, 6.07) is 8.55. The van der Waals surface area contributed by atoms with Gasteiger partial charge in [0.25, 0.3) is 0 Å². The van der Waals surface area contributed by atoms with E-state index in [4.69, 9.17) is 4.74 Å². The van der Waals surface area contributed by atoms with Crippen LogP contribution in [0.15, 0.2) is 24.3 Å². The zero-order chi connectivity index (χ0) is 13.2. The van der Waals surface area contributed by atoms with Crippen LogP contribution in [0.5, 0.6) is 5.75 Å². The number of nitrogens with zero attached hydrogens (tertiary/aromatic N) is 1. The molecular formula is C16H24N2O. The summed E-state index contributed by atoms with van der Waals surface area (Å²) in [6.07, 6.45) is 0.243. The minimum absolute atomic E-state index is 0.243. The molecule has 104 valence electrons. The van der Waals surface area contributed by atoms with E-state index in [1.807, 2.05) is 6.07 Å². The molecule has 2 fully saturated rings. The molecule has 0 bridgehead atoms. The lowest BCUT2D eigenvalue weighted by molar-refractivity contribution is 0.241. The fourth-order valence-electron chi connectivity index (χ4n) is 3.33. The summed E-state index contributed by atoms with van der Waals surface area (Å²) in [5, 5.41) is 3.49. The minimum Gasteiger partial charge on any atom is -0.491 e. The predicted octanol–water partition coefficient (Wildman–Crippen LogP) is 2.12. The molecule has 0 aromatic heterocycles. The molecule has 0 radical (unpaired) electrons. The average Bonchev–Trinajstić information content (AvgIpc) is 2.89. The fraction of sp³-hybridized carbons (Fsp3) is 0.625. The summed E-state index contributed by atoms with van der Waals surface area (Å²) >= 11 is 0. The zero-order valence-electron chi connectivity index (χ0n) is 11.9. The van der Waals surface area contributed by atoms with Gasteiger partial charge in [0, 0.05) is 19.6 Å². The van der Waals surface area contributed by atoms with E-state index in [2.05, 4.69) is 42.3 Å². The third-order valence-electron chi connectivity index (χ3n) is 4.14. The van der Waals surface area contributed by atoms with Crippen molar-refractivity contribution in [3.05, 3.63) is 29.8 Å². The Morgan fingerprint density at radius 1 is 1.26 bits per heavy atom. The Morgan fingerprint density at radius 2 is 2.00 bits per heavy atom. The smallest absolute Gasteiger partial charge is 0.120 e. The standard InChI is InChI=1S/C16H24N2O/c1-12(2)19-16-5-3-4-13(6-16)9-18-10-14-7-17-8-15(14)11-18/h3-6,12,14-15,17H,7-11H2,1-2H3. The summed E-state index contributed by atoms with van der Waals surface area (Å²) in [4.78, 5) is 2.59. The Morgan fingerprint density at radius 3 is 2.68 bits per heavy atom. The van der Waals surface area contributed by atoms with Gasteiger partial charge in [-0.3, -0.25) is 4.90 Å². The Kier molecular flexibility index (Phi) is 3.76. The molecular weight excluding hydrogens is 236 g/mol. The van der Waals surface area contributed by atoms with Gasteiger partial charge in [-0.25, -0.2) is 0 Å². The molecule has 2 aliphatic heterocycles. The van der Waals surface area contributed by atoms with Crippen LogP contribution in [0.1, 0.15) is 19.4 Å². The van der Waals surface area contributed by atoms with Crippen LogP contribution in [-0.2, 0) is 6.54 Å². The predicted molar refractivity (Wildman–Crippen MR) is 77.3 cm³/mol. The second-order valence-corrected chi connectivity index (χ2v) is 6.19. The van der Waals surface area contributed by atoms with Crippen molar-refractivity contribution in [2.45, 2.75) is 26.5 Å². The first kappa shape index (κ1) is 12.9. The van der Waals surface area contributed by atoms with Crippen LogP contribution < -0.4 is 10.1 Å². The highest BCUT2D eigenvalue weighted by molar-refractivity contribution is 5.28. The van der Waals surface area contributed by atoms with Crippen LogP contribution >= 0.6 is 0 Å². The highest BCUT2D eigenvalue weighted by Crippen LogP contribution is 2.28. The van der Waals surface area contributed by atoms with Gasteiger partial charge >= 0.3 is 0 Å². The van der Waals surface area contributed by atoms with Crippen LogP contribution in [0.4, 0.5) is 0 Å². The molecule has 1 N–H and O–H groups in total. The average molecular weight is 260 g/mol. The lowest BCUT2D eigenvalue weighted by atomic mass is 10.0. The molecule has 1 aromatic carbocycles. The monoisotopic (exact) mass is 260 g/mol. The van der Waals surface area contributed by atoms with Crippen molar-refractivity contribution in [3.63, 3.8) is 0 Å². The number of ether oxygens (including phenoxy) is 1. The fourth-order valence-corrected chi connectivity index (χ4v) is 3.33. The highest BCUT2D eigenvalue weighted by Gasteiger charge is 2.35. The number of nitrogens with one attached hydrogen (secondary N) is 1. The van der Waals surface area contributed by atoms with Crippen molar-refractivity contribution >= 4 is 0 Å². The molecule has 0 amide bonds. The molecule has 2 unspecified atom stereocenters. The van der Waals surface area contributed by atoms with Gasteiger partial charge in [-0.05, 0) is 56.5 Å². The van der Waals surface area contributed by atoms with Gasteiger partial charge in [-0.1, -0.05) is 12.1 Å². The lowest BCUT2D eigenvalue weighted by Crippen LogP contribution is -2.25. The van der Waals surface area contributed by atoms with E-state index >= 15 is 0 Å². The van der Waals surface area contributed by atoms with Gasteiger partial charge in [0.2, 0.25) is 0 Å². The molecule has 1 aromatic rings. The van der Waals surface area contributed by atoms with Crippen molar-refractivity contribution < 1.29 is 4.74 Å². The summed E-state index contributed by atoms with van der Waals surface area (Å²) in [5.41, 5.74) is 1.37. The zero-order valence-corrected chi connectivity index (χ0v) is 11.9. The number of benzene rings is 1. The Labute approximate surface area is 115 Å². The van der Waals surface area contributed by atoms with Crippen LogP contribution in [-0.4, -0.2) is 37.2 Å². The maximum atomic E-state index is 5.77.